The van der Waals surface area contributed by atoms with Gasteiger partial charge in [0.05, 0.1) is 0 Å². The minimum absolute atomic E-state index is 0.0631. The minimum atomic E-state index is -0.761. The summed E-state index contributed by atoms with van der Waals surface area (Å²) in [5, 5.41) is 0. The van der Waals surface area contributed by atoms with E-state index in [0.717, 1.165) is 69.6 Å². The van der Waals surface area contributed by atoms with Gasteiger partial charge in [-0.2, -0.15) is 0 Å². The van der Waals surface area contributed by atoms with Crippen molar-refractivity contribution in [3.05, 3.63) is 0 Å². The third kappa shape index (κ3) is 47.9. The summed E-state index contributed by atoms with van der Waals surface area (Å²) in [6.07, 6.45) is 50.9. The Kier molecular flexibility index (Phi) is 47.6. The van der Waals surface area contributed by atoms with Crippen LogP contribution in [0.15, 0.2) is 0 Å². The predicted molar refractivity (Wildman–Crippen MR) is 266 cm³/mol. The topological polar surface area (TPSA) is 78.9 Å². The van der Waals surface area contributed by atoms with Gasteiger partial charge in [0, 0.05) is 19.3 Å². The molecule has 0 saturated carbocycles. The van der Waals surface area contributed by atoms with Gasteiger partial charge in [-0.05, 0) is 31.1 Å². The summed E-state index contributed by atoms with van der Waals surface area (Å²) in [5.41, 5.74) is 0. The molecule has 6 nitrogen and oxygen atoms in total. The van der Waals surface area contributed by atoms with Gasteiger partial charge >= 0.3 is 17.9 Å². The molecule has 0 rings (SSSR count). The highest BCUT2D eigenvalue weighted by molar-refractivity contribution is 5.71. The van der Waals surface area contributed by atoms with Crippen molar-refractivity contribution >= 4 is 17.9 Å². The van der Waals surface area contributed by atoms with Crippen LogP contribution in [0.1, 0.15) is 311 Å². The number of esters is 3. The molecule has 0 N–H and O–H groups in total. The van der Waals surface area contributed by atoms with Crippen LogP contribution in [0, 0.1) is 11.8 Å². The molecule has 2 atom stereocenters. The summed E-state index contributed by atoms with van der Waals surface area (Å²) in [6.45, 7) is 11.4. The molecule has 0 fully saturated rings. The largest absolute Gasteiger partial charge is 0.462 e. The quantitative estimate of drug-likeness (QED) is 0.0344. The first-order valence-corrected chi connectivity index (χ1v) is 27.8. The Hall–Kier alpha value is -1.59. The second-order valence-electron chi connectivity index (χ2n) is 19.9. The molecule has 368 valence electrons. The fourth-order valence-electron chi connectivity index (χ4n) is 8.49. The van der Waals surface area contributed by atoms with Crippen LogP contribution in [0.3, 0.4) is 0 Å². The van der Waals surface area contributed by atoms with Crippen molar-refractivity contribution in [2.75, 3.05) is 13.2 Å². The van der Waals surface area contributed by atoms with Crippen LogP contribution in [0.2, 0.25) is 0 Å². The van der Waals surface area contributed by atoms with Gasteiger partial charge in [0.25, 0.3) is 0 Å². The predicted octanol–water partition coefficient (Wildman–Crippen LogP) is 18.1. The van der Waals surface area contributed by atoms with Crippen molar-refractivity contribution in [3.63, 3.8) is 0 Å². The van der Waals surface area contributed by atoms with Gasteiger partial charge in [-0.3, -0.25) is 14.4 Å². The van der Waals surface area contributed by atoms with Crippen LogP contribution in [0.25, 0.3) is 0 Å². The number of ether oxygens (including phenoxy) is 3. The van der Waals surface area contributed by atoms with E-state index in [9.17, 15) is 14.4 Å². The zero-order chi connectivity index (χ0) is 45.4. The summed E-state index contributed by atoms with van der Waals surface area (Å²) in [7, 11) is 0. The van der Waals surface area contributed by atoms with Crippen LogP contribution in [-0.4, -0.2) is 37.2 Å². The van der Waals surface area contributed by atoms with E-state index < -0.39 is 6.10 Å². The third-order valence-corrected chi connectivity index (χ3v) is 13.1. The monoisotopic (exact) mass is 877 g/mol. The van der Waals surface area contributed by atoms with Crippen molar-refractivity contribution in [1.29, 1.82) is 0 Å². The Morgan fingerprint density at radius 2 is 0.613 bits per heavy atom. The minimum Gasteiger partial charge on any atom is -0.462 e. The van der Waals surface area contributed by atoms with Crippen molar-refractivity contribution in [3.8, 4) is 0 Å². The molecule has 0 aliphatic heterocycles. The summed E-state index contributed by atoms with van der Waals surface area (Å²) < 4.78 is 16.8. The number of unbranched alkanes of at least 4 members (excludes halogenated alkanes) is 34. The van der Waals surface area contributed by atoms with E-state index in [1.807, 2.05) is 0 Å². The number of hydrogen-bond donors (Lipinski definition) is 0. The normalized spacial score (nSPS) is 12.5. The maximum atomic E-state index is 12.8. The Morgan fingerprint density at radius 1 is 0.339 bits per heavy atom. The first kappa shape index (κ1) is 60.4. The van der Waals surface area contributed by atoms with Gasteiger partial charge in [-0.1, -0.05) is 272 Å². The molecule has 1 unspecified atom stereocenters. The van der Waals surface area contributed by atoms with E-state index >= 15 is 0 Å². The molecule has 0 aromatic rings. The highest BCUT2D eigenvalue weighted by Gasteiger charge is 2.19. The van der Waals surface area contributed by atoms with Gasteiger partial charge in [0.1, 0.15) is 13.2 Å². The maximum Gasteiger partial charge on any atom is 0.306 e. The fraction of sp³-hybridized carbons (Fsp3) is 0.946. The average Bonchev–Trinajstić information content (AvgIpc) is 3.26. The number of hydrogen-bond acceptors (Lipinski definition) is 6. The van der Waals surface area contributed by atoms with Crippen molar-refractivity contribution in [2.45, 2.75) is 317 Å². The molecule has 0 aromatic carbocycles. The van der Waals surface area contributed by atoms with Crippen molar-refractivity contribution in [2.24, 2.45) is 11.8 Å². The van der Waals surface area contributed by atoms with Gasteiger partial charge in [-0.25, -0.2) is 0 Å². The SMILES string of the molecule is CCCCCCCCCCCC(=O)OC[C@H](COC(=O)CCCCCCCCCCCCCCCCC(C)CC)OC(=O)CCCCCCCCCCCCCCCCC(C)C. The highest BCUT2D eigenvalue weighted by Crippen LogP contribution is 2.18. The van der Waals surface area contributed by atoms with E-state index in [1.165, 1.54) is 199 Å². The van der Waals surface area contributed by atoms with Crippen LogP contribution in [0.5, 0.6) is 0 Å². The molecule has 6 heteroatoms. The standard InChI is InChI=1S/C56H108O6/c1-6-8-9-10-11-24-31-36-41-46-54(57)60-49-53(62-56(59)48-43-38-33-28-23-19-14-12-16-20-25-29-34-39-44-51(3)4)50-61-55(58)47-42-37-32-27-22-18-15-13-17-21-26-30-35-40-45-52(5)7-2/h51-53H,6-50H2,1-5H3/t52?,53-/m1/s1. The van der Waals surface area contributed by atoms with Crippen molar-refractivity contribution in [1.82, 2.24) is 0 Å². The molecular weight excluding hydrogens is 769 g/mol. The van der Waals surface area contributed by atoms with Crippen LogP contribution in [0.4, 0.5) is 0 Å². The zero-order valence-corrected chi connectivity index (χ0v) is 42.5. The smallest absolute Gasteiger partial charge is 0.306 e. The molecule has 0 radical (unpaired) electrons. The molecule has 0 aromatic heterocycles. The number of carbonyl (C=O) groups excluding carboxylic acids is 3. The molecule has 0 aliphatic carbocycles. The first-order chi connectivity index (χ1) is 30.3. The summed E-state index contributed by atoms with van der Waals surface area (Å²) in [6, 6.07) is 0. The van der Waals surface area contributed by atoms with Gasteiger partial charge in [0.2, 0.25) is 0 Å². The number of rotatable bonds is 50. The fourth-order valence-corrected chi connectivity index (χ4v) is 8.49. The lowest BCUT2D eigenvalue weighted by molar-refractivity contribution is -0.167. The van der Waals surface area contributed by atoms with E-state index in [1.54, 1.807) is 0 Å². The summed E-state index contributed by atoms with van der Waals surface area (Å²) in [5.74, 6) is 0.894. The molecular formula is C56H108O6. The first-order valence-electron chi connectivity index (χ1n) is 27.8. The lowest BCUT2D eigenvalue weighted by atomic mass is 9.99. The average molecular weight is 877 g/mol. The van der Waals surface area contributed by atoms with Crippen LogP contribution < -0.4 is 0 Å². The summed E-state index contributed by atoms with van der Waals surface area (Å²) in [4.78, 5) is 38.0. The van der Waals surface area contributed by atoms with Crippen LogP contribution in [-0.2, 0) is 28.6 Å². The van der Waals surface area contributed by atoms with Crippen LogP contribution >= 0.6 is 0 Å². The lowest BCUT2D eigenvalue weighted by Crippen LogP contribution is -2.30. The maximum absolute atomic E-state index is 12.8. The third-order valence-electron chi connectivity index (χ3n) is 13.1. The molecule has 0 bridgehead atoms. The second-order valence-corrected chi connectivity index (χ2v) is 19.9. The zero-order valence-electron chi connectivity index (χ0n) is 42.5. The highest BCUT2D eigenvalue weighted by atomic mass is 16.6. The molecule has 0 saturated heterocycles. The van der Waals surface area contributed by atoms with E-state index in [4.69, 9.17) is 14.2 Å². The van der Waals surface area contributed by atoms with Gasteiger partial charge in [0.15, 0.2) is 6.10 Å². The second kappa shape index (κ2) is 48.9. The van der Waals surface area contributed by atoms with Gasteiger partial charge in [-0.15, -0.1) is 0 Å². The van der Waals surface area contributed by atoms with Crippen molar-refractivity contribution < 1.29 is 28.6 Å². The Balaban J connectivity index is 4.23. The molecule has 0 heterocycles. The van der Waals surface area contributed by atoms with E-state index in [2.05, 4.69) is 34.6 Å². The summed E-state index contributed by atoms with van der Waals surface area (Å²) >= 11 is 0. The van der Waals surface area contributed by atoms with E-state index in [0.29, 0.717) is 19.3 Å². The molecule has 0 amide bonds. The Bertz CT molecular complexity index is 949. The van der Waals surface area contributed by atoms with E-state index in [-0.39, 0.29) is 31.1 Å². The lowest BCUT2D eigenvalue weighted by Gasteiger charge is -2.18. The number of carbonyl (C=O) groups is 3. The molecule has 0 aliphatic rings. The van der Waals surface area contributed by atoms with Gasteiger partial charge < -0.3 is 14.2 Å². The molecule has 0 spiro atoms. The Morgan fingerprint density at radius 3 is 0.919 bits per heavy atom. The Labute approximate surface area is 387 Å². The molecule has 62 heavy (non-hydrogen) atoms.